The second-order valence-electron chi connectivity index (χ2n) is 6.64. The van der Waals surface area contributed by atoms with E-state index in [0.29, 0.717) is 20.9 Å². The third-order valence-electron chi connectivity index (χ3n) is 4.57. The van der Waals surface area contributed by atoms with E-state index in [2.05, 4.69) is 5.32 Å². The molecule has 3 aromatic rings. The van der Waals surface area contributed by atoms with E-state index in [4.69, 9.17) is 27.9 Å². The van der Waals surface area contributed by atoms with Crippen LogP contribution in [0.1, 0.15) is 15.9 Å². The molecular formula is C21H13Cl2FN2O4. The van der Waals surface area contributed by atoms with Gasteiger partial charge in [-0.1, -0.05) is 29.3 Å². The van der Waals surface area contributed by atoms with Crippen LogP contribution in [0, 0.1) is 5.82 Å². The van der Waals surface area contributed by atoms with Crippen LogP contribution >= 0.6 is 23.2 Å². The van der Waals surface area contributed by atoms with Crippen LogP contribution in [0.2, 0.25) is 10.0 Å². The average Bonchev–Trinajstić information content (AvgIpc) is 3.27. The van der Waals surface area contributed by atoms with E-state index in [9.17, 15) is 18.8 Å². The van der Waals surface area contributed by atoms with Crippen LogP contribution in [0.25, 0.3) is 10.9 Å². The van der Waals surface area contributed by atoms with Crippen molar-refractivity contribution in [1.29, 1.82) is 0 Å². The number of carbonyl (C=O) groups is 3. The van der Waals surface area contributed by atoms with Gasteiger partial charge in [-0.15, -0.1) is 0 Å². The molecule has 1 N–H and O–H groups in total. The van der Waals surface area contributed by atoms with Gasteiger partial charge in [0, 0.05) is 24.2 Å². The highest BCUT2D eigenvalue weighted by molar-refractivity contribution is 6.45. The Morgan fingerprint density at radius 3 is 2.63 bits per heavy atom. The molecule has 0 atom stereocenters. The number of ketones is 1. The molecule has 30 heavy (non-hydrogen) atoms. The lowest BCUT2D eigenvalue weighted by atomic mass is 10.1. The van der Waals surface area contributed by atoms with Gasteiger partial charge in [-0.25, -0.2) is 9.18 Å². The number of halogens is 3. The maximum absolute atomic E-state index is 13.9. The van der Waals surface area contributed by atoms with Crippen LogP contribution in [-0.2, 0) is 20.9 Å². The van der Waals surface area contributed by atoms with Crippen molar-refractivity contribution in [3.63, 3.8) is 0 Å². The summed E-state index contributed by atoms with van der Waals surface area (Å²) in [5.41, 5.74) is 1.52. The van der Waals surface area contributed by atoms with E-state index < -0.39 is 23.5 Å². The first-order valence-electron chi connectivity index (χ1n) is 8.77. The second-order valence-corrected chi connectivity index (χ2v) is 7.46. The van der Waals surface area contributed by atoms with Crippen molar-refractivity contribution in [3.8, 4) is 0 Å². The van der Waals surface area contributed by atoms with Crippen molar-refractivity contribution in [2.75, 3.05) is 6.61 Å². The van der Waals surface area contributed by atoms with Gasteiger partial charge in [0.05, 0.1) is 26.8 Å². The summed E-state index contributed by atoms with van der Waals surface area (Å²) in [6.07, 6.45) is 2.59. The molecule has 1 aliphatic rings. The molecule has 0 aliphatic carbocycles. The van der Waals surface area contributed by atoms with Crippen molar-refractivity contribution in [1.82, 2.24) is 9.88 Å². The van der Waals surface area contributed by atoms with E-state index in [1.807, 2.05) is 0 Å². The minimum absolute atomic E-state index is 0.105. The summed E-state index contributed by atoms with van der Waals surface area (Å²) < 4.78 is 20.2. The molecule has 2 heterocycles. The lowest BCUT2D eigenvalue weighted by Crippen LogP contribution is -2.31. The molecule has 0 saturated heterocycles. The molecule has 0 fully saturated rings. The molecule has 1 aliphatic heterocycles. The van der Waals surface area contributed by atoms with Gasteiger partial charge in [-0.2, -0.15) is 0 Å². The minimum Gasteiger partial charge on any atom is -0.456 e. The minimum atomic E-state index is -0.919. The highest BCUT2D eigenvalue weighted by Gasteiger charge is 2.24. The Morgan fingerprint density at radius 2 is 1.93 bits per heavy atom. The Balaban J connectivity index is 1.69. The number of carbonyl (C=O) groups excluding carboxylic acids is 3. The number of nitrogens with one attached hydrogen (secondary N) is 1. The van der Waals surface area contributed by atoms with Gasteiger partial charge in [0.15, 0.2) is 0 Å². The second kappa shape index (κ2) is 7.93. The molecular weight excluding hydrogens is 434 g/mol. The Hall–Kier alpha value is -3.16. The number of nitrogens with zero attached hydrogens (tertiary/aromatic N) is 1. The Morgan fingerprint density at radius 1 is 1.13 bits per heavy atom. The summed E-state index contributed by atoms with van der Waals surface area (Å²) in [5, 5.41) is 3.56. The van der Waals surface area contributed by atoms with E-state index >= 15 is 0 Å². The molecule has 4 rings (SSSR count). The molecule has 1 amide bonds. The van der Waals surface area contributed by atoms with Crippen LogP contribution in [0.3, 0.4) is 0 Å². The number of rotatable bonds is 5. The zero-order valence-corrected chi connectivity index (χ0v) is 16.8. The Bertz CT molecular complexity index is 1250. The predicted molar refractivity (Wildman–Crippen MR) is 109 cm³/mol. The average molecular weight is 447 g/mol. The SMILES string of the molecule is O=C1C=C(NC(=O)C(=O)c2cn(Cc3ccc(Cl)c(Cl)c3)c3cc(F)ccc23)CO1. The third kappa shape index (κ3) is 3.94. The lowest BCUT2D eigenvalue weighted by Gasteiger charge is -2.07. The summed E-state index contributed by atoms with van der Waals surface area (Å²) in [7, 11) is 0. The van der Waals surface area contributed by atoms with Crippen molar-refractivity contribution >= 4 is 51.8 Å². The van der Waals surface area contributed by atoms with Gasteiger partial charge in [-0.05, 0) is 35.9 Å². The Labute approximate surface area is 179 Å². The first-order valence-corrected chi connectivity index (χ1v) is 9.53. The molecule has 9 heteroatoms. The number of hydrogen-bond donors (Lipinski definition) is 1. The van der Waals surface area contributed by atoms with Crippen molar-refractivity contribution in [2.45, 2.75) is 6.54 Å². The highest BCUT2D eigenvalue weighted by atomic mass is 35.5. The van der Waals surface area contributed by atoms with Gasteiger partial charge in [0.25, 0.3) is 11.7 Å². The maximum Gasteiger partial charge on any atom is 0.333 e. The van der Waals surface area contributed by atoms with Gasteiger partial charge < -0.3 is 14.6 Å². The van der Waals surface area contributed by atoms with E-state index in [1.165, 1.54) is 24.4 Å². The van der Waals surface area contributed by atoms with Gasteiger partial charge in [-0.3, -0.25) is 9.59 Å². The summed E-state index contributed by atoms with van der Waals surface area (Å²) in [6, 6.07) is 9.02. The number of cyclic esters (lactones) is 1. The number of hydrogen-bond acceptors (Lipinski definition) is 4. The topological polar surface area (TPSA) is 77.4 Å². The van der Waals surface area contributed by atoms with Gasteiger partial charge in [0.1, 0.15) is 12.4 Å². The normalized spacial score (nSPS) is 13.3. The standard InChI is InChI=1S/C21H13Cl2FN2O4/c22-16-4-1-11(5-17(16)23)8-26-9-15(14-3-2-12(24)6-18(14)26)20(28)21(29)25-13-7-19(27)30-10-13/h1-7,9H,8,10H2,(H,25,29). The Kier molecular flexibility index (Phi) is 5.32. The number of amides is 1. The van der Waals surface area contributed by atoms with Crippen LogP contribution in [-0.4, -0.2) is 28.8 Å². The summed E-state index contributed by atoms with van der Waals surface area (Å²) in [6.45, 7) is 0.168. The van der Waals surface area contributed by atoms with Crippen LogP contribution in [0.5, 0.6) is 0 Å². The van der Waals surface area contributed by atoms with Gasteiger partial charge >= 0.3 is 5.97 Å². The number of benzene rings is 2. The number of Topliss-reactive ketones (excluding diaryl/α,β-unsaturated/α-hetero) is 1. The van der Waals surface area contributed by atoms with E-state index in [1.54, 1.807) is 22.8 Å². The van der Waals surface area contributed by atoms with E-state index in [0.717, 1.165) is 11.6 Å². The van der Waals surface area contributed by atoms with Crippen LogP contribution in [0.15, 0.2) is 54.4 Å². The van der Waals surface area contributed by atoms with Crippen molar-refractivity contribution in [2.24, 2.45) is 0 Å². The summed E-state index contributed by atoms with van der Waals surface area (Å²) in [4.78, 5) is 36.3. The van der Waals surface area contributed by atoms with Crippen LogP contribution < -0.4 is 5.32 Å². The first kappa shape index (κ1) is 20.1. The number of ether oxygens (including phenoxy) is 1. The number of aromatic nitrogens is 1. The lowest BCUT2D eigenvalue weighted by molar-refractivity contribution is -0.135. The molecule has 152 valence electrons. The summed E-state index contributed by atoms with van der Waals surface area (Å²) in [5.74, 6) is -2.81. The van der Waals surface area contributed by atoms with Gasteiger partial charge in [0.2, 0.25) is 0 Å². The van der Waals surface area contributed by atoms with Crippen molar-refractivity contribution in [3.05, 3.63) is 81.4 Å². The highest BCUT2D eigenvalue weighted by Crippen LogP contribution is 2.27. The molecule has 0 unspecified atom stereocenters. The smallest absolute Gasteiger partial charge is 0.333 e. The first-order chi connectivity index (χ1) is 14.3. The molecule has 1 aromatic heterocycles. The molecule has 0 spiro atoms. The number of fused-ring (bicyclic) bond motifs is 1. The zero-order chi connectivity index (χ0) is 21.4. The fourth-order valence-corrected chi connectivity index (χ4v) is 3.50. The summed E-state index contributed by atoms with van der Waals surface area (Å²) >= 11 is 12.0. The molecule has 0 radical (unpaired) electrons. The molecule has 0 saturated carbocycles. The van der Waals surface area contributed by atoms with E-state index in [-0.39, 0.29) is 24.4 Å². The largest absolute Gasteiger partial charge is 0.456 e. The fraction of sp³-hybridized carbons (Fsp3) is 0.0952. The maximum atomic E-state index is 13.9. The number of esters is 1. The van der Waals surface area contributed by atoms with Crippen LogP contribution in [0.4, 0.5) is 4.39 Å². The zero-order valence-electron chi connectivity index (χ0n) is 15.2. The quantitative estimate of drug-likeness (QED) is 0.366. The molecule has 2 aromatic carbocycles. The molecule has 6 nitrogen and oxygen atoms in total. The fourth-order valence-electron chi connectivity index (χ4n) is 3.18. The third-order valence-corrected chi connectivity index (χ3v) is 5.31. The van der Waals surface area contributed by atoms with Crippen molar-refractivity contribution < 1.29 is 23.5 Å². The monoisotopic (exact) mass is 446 g/mol. The predicted octanol–water partition coefficient (Wildman–Crippen LogP) is 3.88. The molecule has 0 bridgehead atoms.